The first kappa shape index (κ1) is 27.3. The summed E-state index contributed by atoms with van der Waals surface area (Å²) in [6.07, 6.45) is 3.82. The van der Waals surface area contributed by atoms with Crippen molar-refractivity contribution in [3.05, 3.63) is 23.8 Å². The number of ether oxygens (including phenoxy) is 5. The molecule has 0 aromatic heterocycles. The van der Waals surface area contributed by atoms with Crippen LogP contribution >= 0.6 is 0 Å². The summed E-state index contributed by atoms with van der Waals surface area (Å²) in [5, 5.41) is 0. The number of hydrogen-bond donors (Lipinski definition) is 0. The standard InChI is InChI=1S/C29H39FO8/c1-16(2)34-24(33)36-17(3)35-23(32)29-22(37-25(4,5)38-29)15-21-20-9-8-18-14-19(31)10-11-26(18,6)28(20,30)13-12-27(21,29)7/h10-11,14,16-17,20-22H,8-9,12-13,15H2,1-7H3/t17?,20-,21-,22+,26-,27-,28+,29-/m0/s1. The van der Waals surface area contributed by atoms with E-state index < -0.39 is 52.4 Å². The predicted molar refractivity (Wildman–Crippen MR) is 133 cm³/mol. The van der Waals surface area contributed by atoms with Crippen LogP contribution in [0.2, 0.25) is 0 Å². The normalized spacial score (nSPS) is 43.3. The molecule has 4 aliphatic carbocycles. The first-order valence-electron chi connectivity index (χ1n) is 13.7. The molecule has 0 spiro atoms. The molecular weight excluding hydrogens is 495 g/mol. The SMILES string of the molecule is CC(C)OC(=O)OC(C)OC(=O)[C@@]12OC(C)(C)O[C@@H]1C[C@H]1[C@@H]3CCC4=CC(=O)C=C[C@]4(C)[C@@]3(F)CC[C@@]12C. The number of halogens is 1. The molecule has 0 bridgehead atoms. The average molecular weight is 535 g/mol. The highest BCUT2D eigenvalue weighted by atomic mass is 19.1. The molecule has 9 heteroatoms. The summed E-state index contributed by atoms with van der Waals surface area (Å²) in [6, 6.07) is 0. The topological polar surface area (TPSA) is 97.4 Å². The Morgan fingerprint density at radius 1 is 1.05 bits per heavy atom. The fraction of sp³-hybridized carbons (Fsp3) is 0.759. The summed E-state index contributed by atoms with van der Waals surface area (Å²) < 4.78 is 45.9. The number of alkyl halides is 1. The Bertz CT molecular complexity index is 1110. The van der Waals surface area contributed by atoms with Crippen LogP contribution < -0.4 is 0 Å². The summed E-state index contributed by atoms with van der Waals surface area (Å²) in [5.41, 5.74) is -3.89. The van der Waals surface area contributed by atoms with Gasteiger partial charge in [-0.25, -0.2) is 14.0 Å². The Hall–Kier alpha value is -2.26. The van der Waals surface area contributed by atoms with Gasteiger partial charge in [0.25, 0.3) is 0 Å². The van der Waals surface area contributed by atoms with E-state index in [9.17, 15) is 14.4 Å². The van der Waals surface area contributed by atoms with Gasteiger partial charge in [-0.3, -0.25) is 4.79 Å². The minimum Gasteiger partial charge on any atom is -0.431 e. The van der Waals surface area contributed by atoms with E-state index in [1.165, 1.54) is 13.0 Å². The summed E-state index contributed by atoms with van der Waals surface area (Å²) in [4.78, 5) is 38.0. The van der Waals surface area contributed by atoms with Gasteiger partial charge in [0.15, 0.2) is 17.2 Å². The molecule has 5 aliphatic rings. The predicted octanol–water partition coefficient (Wildman–Crippen LogP) is 5.34. The Morgan fingerprint density at radius 2 is 1.76 bits per heavy atom. The average Bonchev–Trinajstić information content (AvgIpc) is 3.20. The number of carbonyl (C=O) groups excluding carboxylic acids is 3. The van der Waals surface area contributed by atoms with Crippen molar-refractivity contribution in [3.8, 4) is 0 Å². The van der Waals surface area contributed by atoms with Crippen molar-refractivity contribution < 1.29 is 42.5 Å². The lowest BCUT2D eigenvalue weighted by atomic mass is 9.45. The van der Waals surface area contributed by atoms with Crippen LogP contribution in [0.1, 0.15) is 80.6 Å². The molecule has 4 fully saturated rings. The van der Waals surface area contributed by atoms with Crippen molar-refractivity contribution in [1.82, 2.24) is 0 Å². The second-order valence-corrected chi connectivity index (χ2v) is 12.7. The maximum Gasteiger partial charge on any atom is 0.511 e. The van der Waals surface area contributed by atoms with Crippen molar-refractivity contribution >= 4 is 17.9 Å². The maximum absolute atomic E-state index is 17.3. The van der Waals surface area contributed by atoms with Crippen LogP contribution in [0.3, 0.4) is 0 Å². The minimum absolute atomic E-state index is 0.102. The number of allylic oxidation sites excluding steroid dienone is 4. The smallest absolute Gasteiger partial charge is 0.431 e. The first-order chi connectivity index (χ1) is 17.6. The Morgan fingerprint density at radius 3 is 2.45 bits per heavy atom. The van der Waals surface area contributed by atoms with Crippen LogP contribution in [0.15, 0.2) is 23.8 Å². The lowest BCUT2D eigenvalue weighted by Gasteiger charge is -2.61. The fourth-order valence-corrected chi connectivity index (χ4v) is 8.17. The zero-order valence-corrected chi connectivity index (χ0v) is 23.3. The molecule has 38 heavy (non-hydrogen) atoms. The van der Waals surface area contributed by atoms with Crippen LogP contribution in [0.4, 0.5) is 9.18 Å². The van der Waals surface area contributed by atoms with Gasteiger partial charge in [0.1, 0.15) is 11.8 Å². The molecule has 0 aromatic rings. The monoisotopic (exact) mass is 534 g/mol. The van der Waals surface area contributed by atoms with E-state index in [1.54, 1.807) is 39.8 Å². The third kappa shape index (κ3) is 3.71. The molecule has 8 nitrogen and oxygen atoms in total. The van der Waals surface area contributed by atoms with Crippen LogP contribution in [-0.2, 0) is 33.3 Å². The summed E-state index contributed by atoms with van der Waals surface area (Å²) in [6.45, 7) is 12.2. The van der Waals surface area contributed by atoms with Gasteiger partial charge in [0.2, 0.25) is 6.29 Å². The van der Waals surface area contributed by atoms with E-state index >= 15 is 4.39 Å². The molecule has 0 radical (unpaired) electrons. The maximum atomic E-state index is 17.3. The Balaban J connectivity index is 1.46. The quantitative estimate of drug-likeness (QED) is 0.352. The number of ketones is 1. The molecule has 1 unspecified atom stereocenters. The van der Waals surface area contributed by atoms with Crippen molar-refractivity contribution in [3.63, 3.8) is 0 Å². The van der Waals surface area contributed by atoms with E-state index in [0.717, 1.165) is 5.57 Å². The van der Waals surface area contributed by atoms with E-state index in [2.05, 4.69) is 0 Å². The largest absolute Gasteiger partial charge is 0.511 e. The molecule has 5 rings (SSSR count). The van der Waals surface area contributed by atoms with Crippen LogP contribution in [0, 0.1) is 22.7 Å². The molecule has 0 aromatic carbocycles. The lowest BCUT2D eigenvalue weighted by Crippen LogP contribution is -2.65. The van der Waals surface area contributed by atoms with E-state index in [4.69, 9.17) is 23.7 Å². The highest BCUT2D eigenvalue weighted by Crippen LogP contribution is 2.72. The zero-order valence-electron chi connectivity index (χ0n) is 23.3. The molecule has 8 atom stereocenters. The van der Waals surface area contributed by atoms with Gasteiger partial charge in [-0.05, 0) is 90.7 Å². The molecule has 1 heterocycles. The van der Waals surface area contributed by atoms with Gasteiger partial charge in [-0.1, -0.05) is 18.6 Å². The van der Waals surface area contributed by atoms with E-state index in [0.29, 0.717) is 25.7 Å². The molecular formula is C29H39FO8. The van der Waals surface area contributed by atoms with E-state index in [-0.39, 0.29) is 30.1 Å². The summed E-state index contributed by atoms with van der Waals surface area (Å²) in [5.74, 6) is -2.42. The van der Waals surface area contributed by atoms with Gasteiger partial charge < -0.3 is 23.7 Å². The molecule has 1 saturated heterocycles. The molecule has 1 aliphatic heterocycles. The van der Waals surface area contributed by atoms with Crippen molar-refractivity contribution in [1.29, 1.82) is 0 Å². The molecule has 210 valence electrons. The summed E-state index contributed by atoms with van der Waals surface area (Å²) >= 11 is 0. The van der Waals surface area contributed by atoms with Crippen molar-refractivity contribution in [2.24, 2.45) is 22.7 Å². The highest BCUT2D eigenvalue weighted by Gasteiger charge is 2.79. The fourth-order valence-electron chi connectivity index (χ4n) is 8.17. The Labute approximate surface area is 223 Å². The third-order valence-corrected chi connectivity index (χ3v) is 9.83. The minimum atomic E-state index is -1.57. The number of esters is 1. The number of rotatable bonds is 4. The van der Waals surface area contributed by atoms with Crippen LogP contribution in [0.5, 0.6) is 0 Å². The van der Waals surface area contributed by atoms with Crippen LogP contribution in [0.25, 0.3) is 0 Å². The molecule has 3 saturated carbocycles. The second kappa shape index (κ2) is 8.62. The van der Waals surface area contributed by atoms with Crippen molar-refractivity contribution in [2.75, 3.05) is 0 Å². The number of fused-ring (bicyclic) bond motifs is 7. The van der Waals surface area contributed by atoms with Gasteiger partial charge in [-0.15, -0.1) is 0 Å². The first-order valence-corrected chi connectivity index (χ1v) is 13.7. The van der Waals surface area contributed by atoms with E-state index in [1.807, 2.05) is 13.8 Å². The van der Waals surface area contributed by atoms with Crippen LogP contribution in [-0.4, -0.2) is 53.5 Å². The summed E-state index contributed by atoms with van der Waals surface area (Å²) in [7, 11) is 0. The lowest BCUT2D eigenvalue weighted by molar-refractivity contribution is -0.242. The van der Waals surface area contributed by atoms with Crippen molar-refractivity contribution in [2.45, 2.75) is 116 Å². The Kier molecular flexibility index (Phi) is 6.19. The van der Waals surface area contributed by atoms with Gasteiger partial charge >= 0.3 is 12.1 Å². The molecule has 0 amide bonds. The second-order valence-electron chi connectivity index (χ2n) is 12.7. The molecule has 0 N–H and O–H groups in total. The van der Waals surface area contributed by atoms with Gasteiger partial charge in [-0.2, -0.15) is 0 Å². The zero-order chi connectivity index (χ0) is 27.9. The highest BCUT2D eigenvalue weighted by molar-refractivity contribution is 6.01. The van der Waals surface area contributed by atoms with Gasteiger partial charge in [0.05, 0.1) is 6.10 Å². The van der Waals surface area contributed by atoms with Gasteiger partial charge in [0, 0.05) is 17.8 Å². The number of carbonyl (C=O) groups is 3. The number of hydrogen-bond acceptors (Lipinski definition) is 8. The third-order valence-electron chi connectivity index (χ3n) is 9.83.